The topological polar surface area (TPSA) is 87.9 Å². The van der Waals surface area contributed by atoms with Crippen molar-refractivity contribution < 1.29 is 28.3 Å². The van der Waals surface area contributed by atoms with E-state index in [1.54, 1.807) is 39.0 Å². The van der Waals surface area contributed by atoms with Crippen LogP contribution in [0.3, 0.4) is 0 Å². The van der Waals surface area contributed by atoms with E-state index < -0.39 is 11.6 Å². The van der Waals surface area contributed by atoms with Gasteiger partial charge < -0.3 is 18.7 Å². The number of hydrogen-bond donors (Lipinski definition) is 0. The van der Waals surface area contributed by atoms with Crippen molar-refractivity contribution in [2.75, 3.05) is 6.61 Å². The highest BCUT2D eigenvalue weighted by molar-refractivity contribution is 6.06. The fraction of sp³-hybridized carbons (Fsp3) is 0.500. The van der Waals surface area contributed by atoms with E-state index in [1.165, 1.54) is 6.26 Å². The summed E-state index contributed by atoms with van der Waals surface area (Å²) in [5, 5.41) is 4.06. The van der Waals surface area contributed by atoms with E-state index in [0.29, 0.717) is 24.5 Å². The van der Waals surface area contributed by atoms with Crippen molar-refractivity contribution in [1.29, 1.82) is 0 Å². The van der Waals surface area contributed by atoms with Crippen molar-refractivity contribution in [3.63, 3.8) is 0 Å². The number of benzene rings is 1. The molecule has 0 N–H and O–H groups in total. The molecule has 1 aromatic heterocycles. The van der Waals surface area contributed by atoms with Crippen LogP contribution in [0.5, 0.6) is 0 Å². The van der Waals surface area contributed by atoms with Gasteiger partial charge in [0.1, 0.15) is 24.0 Å². The van der Waals surface area contributed by atoms with Gasteiger partial charge in [-0.3, -0.25) is 9.59 Å². The Bertz CT molecular complexity index is 845. The summed E-state index contributed by atoms with van der Waals surface area (Å²) in [4.78, 5) is 24.4. The SMILES string of the molecule is CC(C)(C)OC(=O)CC(=O)c1cccc(-c2nocc2COC2CCCCO2)c1. The monoisotopic (exact) mass is 401 g/mol. The molecule has 29 heavy (non-hydrogen) atoms. The second kappa shape index (κ2) is 9.33. The van der Waals surface area contributed by atoms with Crippen molar-refractivity contribution in [1.82, 2.24) is 5.16 Å². The van der Waals surface area contributed by atoms with Gasteiger partial charge in [0.2, 0.25) is 0 Å². The predicted octanol–water partition coefficient (Wildman–Crippen LogP) is 4.30. The van der Waals surface area contributed by atoms with Gasteiger partial charge in [-0.1, -0.05) is 23.4 Å². The van der Waals surface area contributed by atoms with E-state index in [0.717, 1.165) is 30.4 Å². The Morgan fingerprint density at radius 3 is 2.79 bits per heavy atom. The third kappa shape index (κ3) is 6.24. The van der Waals surface area contributed by atoms with Gasteiger partial charge in [-0.15, -0.1) is 0 Å². The zero-order chi connectivity index (χ0) is 20.9. The molecule has 1 fully saturated rings. The molecule has 2 aromatic rings. The maximum Gasteiger partial charge on any atom is 0.314 e. The first-order chi connectivity index (χ1) is 13.8. The van der Waals surface area contributed by atoms with Crippen LogP contribution in [0.25, 0.3) is 11.3 Å². The molecule has 0 radical (unpaired) electrons. The van der Waals surface area contributed by atoms with Crippen LogP contribution in [-0.4, -0.2) is 35.4 Å². The molecule has 1 aliphatic rings. The smallest absolute Gasteiger partial charge is 0.314 e. The number of carbonyl (C=O) groups is 2. The van der Waals surface area contributed by atoms with Crippen molar-refractivity contribution in [2.45, 2.75) is 65.0 Å². The molecule has 1 unspecified atom stereocenters. The molecule has 0 aliphatic carbocycles. The maximum absolute atomic E-state index is 12.5. The van der Waals surface area contributed by atoms with Crippen LogP contribution in [0.4, 0.5) is 0 Å². The average Bonchev–Trinajstić information content (AvgIpc) is 3.14. The first-order valence-electron chi connectivity index (χ1n) is 9.84. The lowest BCUT2D eigenvalue weighted by atomic mass is 10.0. The van der Waals surface area contributed by atoms with Gasteiger partial charge in [0.25, 0.3) is 0 Å². The summed E-state index contributed by atoms with van der Waals surface area (Å²) in [6.45, 7) is 6.32. The lowest BCUT2D eigenvalue weighted by molar-refractivity contribution is -0.168. The van der Waals surface area contributed by atoms with Crippen LogP contribution < -0.4 is 0 Å². The minimum absolute atomic E-state index is 0.215. The highest BCUT2D eigenvalue weighted by Gasteiger charge is 2.21. The van der Waals surface area contributed by atoms with Crippen LogP contribution in [0.2, 0.25) is 0 Å². The first-order valence-corrected chi connectivity index (χ1v) is 9.84. The number of ketones is 1. The average molecular weight is 401 g/mol. The Hall–Kier alpha value is -2.51. The maximum atomic E-state index is 12.5. The molecule has 7 nitrogen and oxygen atoms in total. The Kier molecular flexibility index (Phi) is 6.82. The number of carbonyl (C=O) groups excluding carboxylic acids is 2. The van der Waals surface area contributed by atoms with Gasteiger partial charge in [0.05, 0.1) is 6.61 Å². The molecule has 3 rings (SSSR count). The van der Waals surface area contributed by atoms with E-state index in [9.17, 15) is 9.59 Å². The second-order valence-corrected chi connectivity index (χ2v) is 8.06. The molecule has 7 heteroatoms. The summed E-state index contributed by atoms with van der Waals surface area (Å²) < 4.78 is 21.8. The Labute approximate surface area is 170 Å². The molecular formula is C22H27NO6. The quantitative estimate of drug-likeness (QED) is 0.388. The third-order valence-electron chi connectivity index (χ3n) is 4.39. The lowest BCUT2D eigenvalue weighted by Crippen LogP contribution is -2.25. The van der Waals surface area contributed by atoms with Crippen molar-refractivity contribution in [3.05, 3.63) is 41.7 Å². The van der Waals surface area contributed by atoms with Gasteiger partial charge in [-0.25, -0.2) is 0 Å². The number of rotatable bonds is 7. The van der Waals surface area contributed by atoms with Gasteiger partial charge in [-0.05, 0) is 46.1 Å². The molecule has 1 atom stereocenters. The Balaban J connectivity index is 1.67. The van der Waals surface area contributed by atoms with Crippen LogP contribution in [0.1, 0.15) is 62.4 Å². The lowest BCUT2D eigenvalue weighted by Gasteiger charge is -2.22. The van der Waals surface area contributed by atoms with Gasteiger partial charge in [-0.2, -0.15) is 0 Å². The van der Waals surface area contributed by atoms with Crippen LogP contribution >= 0.6 is 0 Å². The fourth-order valence-electron chi connectivity index (χ4n) is 3.07. The number of hydrogen-bond acceptors (Lipinski definition) is 7. The van der Waals surface area contributed by atoms with Gasteiger partial charge in [0, 0.05) is 23.3 Å². The molecule has 1 aromatic carbocycles. The van der Waals surface area contributed by atoms with E-state index in [4.69, 9.17) is 18.7 Å². The van der Waals surface area contributed by atoms with Gasteiger partial charge in [0.15, 0.2) is 12.1 Å². The zero-order valence-corrected chi connectivity index (χ0v) is 17.1. The minimum atomic E-state index is -0.628. The van der Waals surface area contributed by atoms with E-state index in [-0.39, 0.29) is 18.5 Å². The predicted molar refractivity (Wildman–Crippen MR) is 105 cm³/mol. The Morgan fingerprint density at radius 1 is 1.24 bits per heavy atom. The third-order valence-corrected chi connectivity index (χ3v) is 4.39. The summed E-state index contributed by atoms with van der Waals surface area (Å²) >= 11 is 0. The van der Waals surface area contributed by atoms with Crippen LogP contribution in [0, 0.1) is 0 Å². The van der Waals surface area contributed by atoms with Crippen molar-refractivity contribution in [3.8, 4) is 11.3 Å². The molecule has 2 heterocycles. The minimum Gasteiger partial charge on any atom is -0.460 e. The number of esters is 1. The molecule has 1 aliphatic heterocycles. The summed E-state index contributed by atoms with van der Waals surface area (Å²) in [6.07, 6.45) is 4.02. The zero-order valence-electron chi connectivity index (χ0n) is 17.1. The number of ether oxygens (including phenoxy) is 3. The van der Waals surface area contributed by atoms with E-state index in [1.807, 2.05) is 6.07 Å². The van der Waals surface area contributed by atoms with Crippen LogP contribution in [0.15, 0.2) is 35.1 Å². The van der Waals surface area contributed by atoms with Crippen molar-refractivity contribution >= 4 is 11.8 Å². The summed E-state index contributed by atoms with van der Waals surface area (Å²) in [6, 6.07) is 6.96. The highest BCUT2D eigenvalue weighted by Crippen LogP contribution is 2.25. The number of nitrogens with zero attached hydrogens (tertiary/aromatic N) is 1. The molecule has 0 spiro atoms. The van der Waals surface area contributed by atoms with E-state index >= 15 is 0 Å². The Morgan fingerprint density at radius 2 is 2.07 bits per heavy atom. The van der Waals surface area contributed by atoms with Crippen molar-refractivity contribution in [2.24, 2.45) is 0 Å². The molecule has 156 valence electrons. The molecule has 0 bridgehead atoms. The fourth-order valence-corrected chi connectivity index (χ4v) is 3.07. The molecule has 0 amide bonds. The standard InChI is InChI=1S/C22H27NO6/c1-22(2,3)29-19(25)12-18(24)15-7-6-8-16(11-15)21-17(14-28-23-21)13-27-20-9-4-5-10-26-20/h6-8,11,14,20H,4-5,9-10,12-13H2,1-3H3. The molecular weight excluding hydrogens is 374 g/mol. The summed E-state index contributed by atoms with van der Waals surface area (Å²) in [7, 11) is 0. The largest absolute Gasteiger partial charge is 0.460 e. The van der Waals surface area contributed by atoms with E-state index in [2.05, 4.69) is 5.16 Å². The normalized spacial score (nSPS) is 17.1. The first kappa shape index (κ1) is 21.2. The number of aromatic nitrogens is 1. The van der Waals surface area contributed by atoms with Crippen LogP contribution in [-0.2, 0) is 25.6 Å². The molecule has 1 saturated heterocycles. The highest BCUT2D eigenvalue weighted by atomic mass is 16.7. The van der Waals surface area contributed by atoms with Gasteiger partial charge >= 0.3 is 5.97 Å². The molecule has 0 saturated carbocycles. The summed E-state index contributed by atoms with van der Waals surface area (Å²) in [5.74, 6) is -0.853. The summed E-state index contributed by atoms with van der Waals surface area (Å²) in [5.41, 5.74) is 1.89. The second-order valence-electron chi connectivity index (χ2n) is 8.06. The number of Topliss-reactive ketones (excluding diaryl/α,β-unsaturated/α-hetero) is 1.